The second kappa shape index (κ2) is 8.93. The normalized spacial score (nSPS) is 12.7. The Morgan fingerprint density at radius 3 is 2.54 bits per heavy atom. The lowest BCUT2D eigenvalue weighted by Crippen LogP contribution is -2.48. The van der Waals surface area contributed by atoms with Crippen molar-refractivity contribution >= 4 is 23.8 Å². The number of nitrogens with one attached hydrogen (secondary N) is 1. The average Bonchev–Trinajstić information content (AvgIpc) is 2.65. The SMILES string of the molecule is [B]CC[C@H](C(=O)NO)N(Cc1cccnc1)S(=O)(=O)c1ccc(C)cc1. The van der Waals surface area contributed by atoms with Gasteiger partial charge in [-0.15, -0.1) is 0 Å². The summed E-state index contributed by atoms with van der Waals surface area (Å²) in [5, 5.41) is 9.05. The van der Waals surface area contributed by atoms with Crippen molar-refractivity contribution in [3.63, 3.8) is 0 Å². The fourth-order valence-electron chi connectivity index (χ4n) is 2.52. The van der Waals surface area contributed by atoms with Crippen molar-refractivity contribution < 1.29 is 18.4 Å². The Kier molecular flexibility index (Phi) is 6.90. The highest BCUT2D eigenvalue weighted by molar-refractivity contribution is 7.89. The molecule has 0 aliphatic rings. The summed E-state index contributed by atoms with van der Waals surface area (Å²) in [5.74, 6) is -0.838. The van der Waals surface area contributed by atoms with Crippen LogP contribution in [0.25, 0.3) is 0 Å². The number of hydrogen-bond donors (Lipinski definition) is 2. The van der Waals surface area contributed by atoms with Gasteiger partial charge in [0.1, 0.15) is 6.04 Å². The van der Waals surface area contributed by atoms with Crippen molar-refractivity contribution in [3.05, 3.63) is 59.9 Å². The van der Waals surface area contributed by atoms with Gasteiger partial charge in [0.15, 0.2) is 0 Å². The number of hydrogen-bond acceptors (Lipinski definition) is 5. The lowest BCUT2D eigenvalue weighted by atomic mass is 9.97. The van der Waals surface area contributed by atoms with Crippen molar-refractivity contribution in [1.29, 1.82) is 0 Å². The summed E-state index contributed by atoms with van der Waals surface area (Å²) in [4.78, 5) is 16.2. The quantitative estimate of drug-likeness (QED) is 0.414. The molecule has 0 aliphatic heterocycles. The van der Waals surface area contributed by atoms with Crippen LogP contribution < -0.4 is 5.48 Å². The fraction of sp³-hybridized carbons (Fsp3) is 0.294. The van der Waals surface area contributed by atoms with Crippen LogP contribution in [0.1, 0.15) is 17.5 Å². The van der Waals surface area contributed by atoms with Gasteiger partial charge in [0.25, 0.3) is 5.91 Å². The number of rotatable bonds is 8. The third kappa shape index (κ3) is 4.69. The Morgan fingerprint density at radius 1 is 1.31 bits per heavy atom. The van der Waals surface area contributed by atoms with E-state index in [1.165, 1.54) is 23.8 Å². The minimum atomic E-state index is -4.01. The molecule has 1 aromatic carbocycles. The van der Waals surface area contributed by atoms with Gasteiger partial charge in [-0.3, -0.25) is 15.0 Å². The maximum absolute atomic E-state index is 13.2. The van der Waals surface area contributed by atoms with Gasteiger partial charge in [-0.1, -0.05) is 30.1 Å². The first-order valence-electron chi connectivity index (χ1n) is 8.01. The first kappa shape index (κ1) is 20.1. The monoisotopic (exact) mass is 373 g/mol. The van der Waals surface area contributed by atoms with E-state index in [-0.39, 0.29) is 24.2 Å². The van der Waals surface area contributed by atoms with Gasteiger partial charge in [0.05, 0.1) is 12.7 Å². The summed E-state index contributed by atoms with van der Waals surface area (Å²) >= 11 is 0. The molecule has 136 valence electrons. The number of amides is 1. The molecule has 0 aliphatic carbocycles. The number of nitrogens with zero attached hydrogens (tertiary/aromatic N) is 2. The smallest absolute Gasteiger partial charge is 0.261 e. The molecular weight excluding hydrogens is 353 g/mol. The van der Waals surface area contributed by atoms with Crippen LogP contribution in [0.4, 0.5) is 0 Å². The van der Waals surface area contributed by atoms with Gasteiger partial charge in [-0.2, -0.15) is 4.31 Å². The third-order valence-electron chi connectivity index (χ3n) is 3.89. The topological polar surface area (TPSA) is 99.6 Å². The maximum Gasteiger partial charge on any atom is 0.261 e. The highest BCUT2D eigenvalue weighted by atomic mass is 32.2. The van der Waals surface area contributed by atoms with Crippen LogP contribution in [0.15, 0.2) is 53.7 Å². The lowest BCUT2D eigenvalue weighted by Gasteiger charge is -2.29. The molecule has 0 bridgehead atoms. The minimum absolute atomic E-state index is 0.0533. The molecule has 1 aromatic heterocycles. The molecule has 26 heavy (non-hydrogen) atoms. The summed E-state index contributed by atoms with van der Waals surface area (Å²) in [7, 11) is 1.54. The van der Waals surface area contributed by atoms with Gasteiger partial charge in [0, 0.05) is 18.9 Å². The zero-order valence-electron chi connectivity index (χ0n) is 14.4. The molecule has 0 fully saturated rings. The van der Waals surface area contributed by atoms with Crippen LogP contribution in [0.3, 0.4) is 0 Å². The molecular formula is C17H20BN3O4S. The molecule has 2 rings (SSSR count). The van der Waals surface area contributed by atoms with Gasteiger partial charge >= 0.3 is 0 Å². The molecule has 7 nitrogen and oxygen atoms in total. The van der Waals surface area contributed by atoms with Gasteiger partial charge in [-0.25, -0.2) is 13.9 Å². The zero-order valence-corrected chi connectivity index (χ0v) is 15.2. The van der Waals surface area contributed by atoms with Crippen molar-refractivity contribution in [2.75, 3.05) is 0 Å². The number of aryl methyl sites for hydroxylation is 1. The number of carbonyl (C=O) groups excluding carboxylic acids is 1. The Hall–Kier alpha value is -2.23. The number of benzene rings is 1. The molecule has 2 radical (unpaired) electrons. The highest BCUT2D eigenvalue weighted by Gasteiger charge is 2.35. The molecule has 1 heterocycles. The molecule has 0 saturated heterocycles. The average molecular weight is 373 g/mol. The molecule has 2 aromatic rings. The standard InChI is InChI=1S/C17H20BN3O4S/c1-13-4-6-15(7-5-13)26(24,25)21(12-14-3-2-10-19-11-14)16(8-9-18)17(22)20-23/h2-7,10-11,16,23H,8-9,12H2,1H3,(H,20,22)/t16-/m1/s1. The molecule has 1 amide bonds. The summed E-state index contributed by atoms with van der Waals surface area (Å²) < 4.78 is 27.4. The predicted octanol–water partition coefficient (Wildman–Crippen LogP) is 1.43. The Labute approximate surface area is 154 Å². The summed E-state index contributed by atoms with van der Waals surface area (Å²) in [6, 6.07) is 8.56. The number of aromatic nitrogens is 1. The predicted molar refractivity (Wildman–Crippen MR) is 97.0 cm³/mol. The van der Waals surface area contributed by atoms with E-state index in [9.17, 15) is 13.2 Å². The Bertz CT molecular complexity index is 829. The van der Waals surface area contributed by atoms with Crippen LogP contribution >= 0.6 is 0 Å². The lowest BCUT2D eigenvalue weighted by molar-refractivity contribution is -0.133. The fourth-order valence-corrected chi connectivity index (χ4v) is 4.12. The van der Waals surface area contributed by atoms with Crippen LogP contribution in [-0.2, 0) is 21.4 Å². The van der Waals surface area contributed by atoms with Crippen molar-refractivity contribution in [2.45, 2.75) is 37.1 Å². The summed E-state index contributed by atoms with van der Waals surface area (Å²) in [6.45, 7) is 1.77. The third-order valence-corrected chi connectivity index (χ3v) is 5.76. The van der Waals surface area contributed by atoms with E-state index in [0.717, 1.165) is 9.87 Å². The summed E-state index contributed by atoms with van der Waals surface area (Å²) in [6.07, 6.45) is 3.22. The Balaban J connectivity index is 2.50. The first-order chi connectivity index (χ1) is 12.4. The molecule has 1 atom stereocenters. The Morgan fingerprint density at radius 2 is 2.00 bits per heavy atom. The molecule has 9 heteroatoms. The number of pyridine rings is 1. The molecule has 0 unspecified atom stereocenters. The first-order valence-corrected chi connectivity index (χ1v) is 9.45. The van der Waals surface area contributed by atoms with Crippen LogP contribution in [-0.4, -0.2) is 42.7 Å². The summed E-state index contributed by atoms with van der Waals surface area (Å²) in [5.41, 5.74) is 3.05. The minimum Gasteiger partial charge on any atom is -0.289 e. The van der Waals surface area contributed by atoms with Crippen molar-refractivity contribution in [2.24, 2.45) is 0 Å². The van der Waals surface area contributed by atoms with E-state index in [2.05, 4.69) is 4.98 Å². The largest absolute Gasteiger partial charge is 0.289 e. The van der Waals surface area contributed by atoms with Crippen LogP contribution in [0, 0.1) is 6.92 Å². The highest BCUT2D eigenvalue weighted by Crippen LogP contribution is 2.23. The molecule has 0 spiro atoms. The van der Waals surface area contributed by atoms with E-state index in [1.54, 1.807) is 30.5 Å². The second-order valence-corrected chi connectivity index (χ2v) is 7.68. The van der Waals surface area contributed by atoms with Crippen molar-refractivity contribution in [1.82, 2.24) is 14.8 Å². The molecule has 0 saturated carbocycles. The zero-order chi connectivity index (χ0) is 19.2. The van der Waals surface area contributed by atoms with E-state index in [4.69, 9.17) is 13.1 Å². The van der Waals surface area contributed by atoms with E-state index >= 15 is 0 Å². The van der Waals surface area contributed by atoms with Gasteiger partial charge in [0.2, 0.25) is 10.0 Å². The molecule has 2 N–H and O–H groups in total. The number of carbonyl (C=O) groups is 1. The van der Waals surface area contributed by atoms with Crippen LogP contribution in [0.2, 0.25) is 6.32 Å². The number of sulfonamides is 1. The second-order valence-electron chi connectivity index (χ2n) is 5.79. The van der Waals surface area contributed by atoms with E-state index in [0.29, 0.717) is 5.56 Å². The maximum atomic E-state index is 13.2. The van der Waals surface area contributed by atoms with Gasteiger partial charge < -0.3 is 0 Å². The van der Waals surface area contributed by atoms with Crippen molar-refractivity contribution in [3.8, 4) is 0 Å². The number of hydroxylamine groups is 1. The van der Waals surface area contributed by atoms with Crippen LogP contribution in [0.5, 0.6) is 0 Å². The van der Waals surface area contributed by atoms with Gasteiger partial charge in [-0.05, 0) is 37.1 Å². The van der Waals surface area contributed by atoms with E-state index < -0.39 is 22.0 Å². The van der Waals surface area contributed by atoms with E-state index in [1.807, 2.05) is 6.92 Å².